The van der Waals surface area contributed by atoms with Gasteiger partial charge in [-0.2, -0.15) is 0 Å². The quantitative estimate of drug-likeness (QED) is 0.538. The van der Waals surface area contributed by atoms with Crippen molar-refractivity contribution in [2.24, 2.45) is 0 Å². The molecule has 1 unspecified atom stereocenters. The molecule has 0 aliphatic rings. The molecule has 0 fully saturated rings. The Morgan fingerprint density at radius 1 is 1.13 bits per heavy atom. The summed E-state index contributed by atoms with van der Waals surface area (Å²) in [5, 5.41) is 2.87. The van der Waals surface area contributed by atoms with E-state index in [1.807, 2.05) is 0 Å². The number of carbonyl (C=O) groups excluding carboxylic acids is 2. The molecular formula is C19H19ClF2N2O6S. The summed E-state index contributed by atoms with van der Waals surface area (Å²) in [5.74, 6) is -3.67. The molecule has 31 heavy (non-hydrogen) atoms. The Kier molecular flexibility index (Phi) is 8.31. The van der Waals surface area contributed by atoms with E-state index in [-0.39, 0.29) is 12.2 Å². The van der Waals surface area contributed by atoms with Crippen LogP contribution >= 0.6 is 11.6 Å². The molecule has 2 aromatic carbocycles. The number of carbonyl (C=O) groups is 2. The zero-order valence-electron chi connectivity index (χ0n) is 16.4. The normalized spacial score (nSPS) is 12.2. The Labute approximate surface area is 182 Å². The minimum Gasteiger partial charge on any atom is -0.495 e. The molecule has 0 saturated carbocycles. The first kappa shape index (κ1) is 24.5. The molecule has 0 heterocycles. The van der Waals surface area contributed by atoms with Crippen molar-refractivity contribution in [2.75, 3.05) is 19.0 Å². The summed E-state index contributed by atoms with van der Waals surface area (Å²) in [4.78, 5) is 23.7. The van der Waals surface area contributed by atoms with Gasteiger partial charge in [0.15, 0.2) is 17.7 Å². The number of nitrogens with one attached hydrogen (secondary N) is 2. The summed E-state index contributed by atoms with van der Waals surface area (Å²) in [6.07, 6.45) is -1.60. The molecule has 0 radical (unpaired) electrons. The Bertz CT molecular complexity index is 1080. The van der Waals surface area contributed by atoms with Gasteiger partial charge in [0.1, 0.15) is 5.75 Å². The molecule has 8 nitrogen and oxygen atoms in total. The van der Waals surface area contributed by atoms with E-state index < -0.39 is 51.0 Å². The van der Waals surface area contributed by atoms with Gasteiger partial charge >= 0.3 is 5.97 Å². The average molecular weight is 477 g/mol. The Morgan fingerprint density at radius 2 is 1.84 bits per heavy atom. The number of ether oxygens (including phenoxy) is 2. The molecule has 0 aliphatic carbocycles. The van der Waals surface area contributed by atoms with Crippen LogP contribution in [-0.4, -0.2) is 40.1 Å². The van der Waals surface area contributed by atoms with Gasteiger partial charge in [-0.15, -0.1) is 0 Å². The highest BCUT2D eigenvalue weighted by Crippen LogP contribution is 2.27. The number of hydrogen-bond acceptors (Lipinski definition) is 6. The molecule has 2 rings (SSSR count). The fourth-order valence-corrected chi connectivity index (χ4v) is 3.55. The van der Waals surface area contributed by atoms with E-state index in [4.69, 9.17) is 21.1 Å². The fraction of sp³-hybridized carbons (Fsp3) is 0.263. The van der Waals surface area contributed by atoms with E-state index in [1.54, 1.807) is 12.1 Å². The van der Waals surface area contributed by atoms with E-state index in [0.29, 0.717) is 22.9 Å². The van der Waals surface area contributed by atoms with Crippen molar-refractivity contribution in [1.29, 1.82) is 0 Å². The number of benzene rings is 2. The third-order valence-corrected chi connectivity index (χ3v) is 5.61. The van der Waals surface area contributed by atoms with E-state index in [9.17, 15) is 26.8 Å². The van der Waals surface area contributed by atoms with Gasteiger partial charge in [0.05, 0.1) is 24.1 Å². The highest BCUT2D eigenvalue weighted by Gasteiger charge is 2.21. The lowest BCUT2D eigenvalue weighted by molar-refractivity contribution is -0.152. The minimum atomic E-state index is -4.16. The number of hydrogen-bond donors (Lipinski definition) is 2. The largest absolute Gasteiger partial charge is 0.495 e. The Morgan fingerprint density at radius 3 is 2.48 bits per heavy atom. The molecule has 12 heteroatoms. The molecule has 2 N–H and O–H groups in total. The SMILES string of the molecule is COc1ccc(Cl)cc1NC(=O)C(C)OC(=O)CCNS(=O)(=O)c1ccc(F)c(F)c1. The van der Waals surface area contributed by atoms with Gasteiger partial charge < -0.3 is 14.8 Å². The highest BCUT2D eigenvalue weighted by molar-refractivity contribution is 7.89. The molecule has 0 bridgehead atoms. The van der Waals surface area contributed by atoms with Gasteiger partial charge in [-0.1, -0.05) is 11.6 Å². The van der Waals surface area contributed by atoms with Crippen LogP contribution in [0.25, 0.3) is 0 Å². The predicted octanol–water partition coefficient (Wildman–Crippen LogP) is 2.87. The summed E-state index contributed by atoms with van der Waals surface area (Å²) < 4.78 is 62.4. The van der Waals surface area contributed by atoms with Crippen molar-refractivity contribution in [3.8, 4) is 5.75 Å². The van der Waals surface area contributed by atoms with Crippen molar-refractivity contribution in [3.63, 3.8) is 0 Å². The number of anilines is 1. The van der Waals surface area contributed by atoms with Crippen LogP contribution < -0.4 is 14.8 Å². The number of esters is 1. The third kappa shape index (κ3) is 6.88. The molecular weight excluding hydrogens is 458 g/mol. The zero-order valence-corrected chi connectivity index (χ0v) is 18.0. The zero-order chi connectivity index (χ0) is 23.2. The molecule has 168 valence electrons. The van der Waals surface area contributed by atoms with Gasteiger partial charge in [-0.3, -0.25) is 9.59 Å². The van der Waals surface area contributed by atoms with Crippen molar-refractivity contribution >= 4 is 39.2 Å². The maximum Gasteiger partial charge on any atom is 0.307 e. The van der Waals surface area contributed by atoms with Gasteiger partial charge in [0.25, 0.3) is 5.91 Å². The average Bonchev–Trinajstić information content (AvgIpc) is 2.69. The first-order chi connectivity index (χ1) is 14.5. The van der Waals surface area contributed by atoms with Crippen LogP contribution in [0.15, 0.2) is 41.3 Å². The number of sulfonamides is 1. The fourth-order valence-electron chi connectivity index (χ4n) is 2.34. The van der Waals surface area contributed by atoms with Crippen LogP contribution in [-0.2, 0) is 24.3 Å². The number of amides is 1. The monoisotopic (exact) mass is 476 g/mol. The van der Waals surface area contributed by atoms with Crippen molar-refractivity contribution < 1.29 is 36.3 Å². The minimum absolute atomic E-state index is 0.280. The van der Waals surface area contributed by atoms with Crippen LogP contribution in [0.2, 0.25) is 5.02 Å². The molecule has 0 spiro atoms. The third-order valence-electron chi connectivity index (χ3n) is 3.92. The summed E-state index contributed by atoms with van der Waals surface area (Å²) in [7, 11) is -2.76. The second kappa shape index (κ2) is 10.5. The lowest BCUT2D eigenvalue weighted by Crippen LogP contribution is -2.32. The maximum absolute atomic E-state index is 13.2. The van der Waals surface area contributed by atoms with Crippen LogP contribution in [0.5, 0.6) is 5.75 Å². The highest BCUT2D eigenvalue weighted by atomic mass is 35.5. The number of methoxy groups -OCH3 is 1. The second-order valence-electron chi connectivity index (χ2n) is 6.19. The summed E-state index contributed by atoms with van der Waals surface area (Å²) >= 11 is 5.89. The van der Waals surface area contributed by atoms with Crippen molar-refractivity contribution in [1.82, 2.24) is 4.72 Å². The van der Waals surface area contributed by atoms with Crippen LogP contribution in [0.1, 0.15) is 13.3 Å². The molecule has 1 atom stereocenters. The molecule has 1 amide bonds. The van der Waals surface area contributed by atoms with Crippen LogP contribution in [0.4, 0.5) is 14.5 Å². The first-order valence-corrected chi connectivity index (χ1v) is 10.7. The molecule has 2 aromatic rings. The standard InChI is InChI=1S/C19H19ClF2N2O6S/c1-11(19(26)24-16-9-12(20)3-6-17(16)29-2)30-18(25)7-8-23-31(27,28)13-4-5-14(21)15(22)10-13/h3-6,9-11,23H,7-8H2,1-2H3,(H,24,26). The van der Waals surface area contributed by atoms with E-state index in [2.05, 4.69) is 10.0 Å². The van der Waals surface area contributed by atoms with E-state index in [0.717, 1.165) is 6.07 Å². The number of rotatable bonds is 9. The molecule has 0 aliphatic heterocycles. The number of halogens is 3. The van der Waals surface area contributed by atoms with Gasteiger partial charge in [-0.05, 0) is 43.3 Å². The van der Waals surface area contributed by atoms with Crippen molar-refractivity contribution in [2.45, 2.75) is 24.3 Å². The van der Waals surface area contributed by atoms with Gasteiger partial charge in [-0.25, -0.2) is 21.9 Å². The van der Waals surface area contributed by atoms with E-state index in [1.165, 1.54) is 20.1 Å². The van der Waals surface area contributed by atoms with Gasteiger partial charge in [0, 0.05) is 11.6 Å². The predicted molar refractivity (Wildman–Crippen MR) is 108 cm³/mol. The second-order valence-corrected chi connectivity index (χ2v) is 8.39. The lowest BCUT2D eigenvalue weighted by Gasteiger charge is -2.15. The summed E-state index contributed by atoms with van der Waals surface area (Å²) in [5.41, 5.74) is 0.280. The Hall–Kier alpha value is -2.76. The van der Waals surface area contributed by atoms with Crippen LogP contribution in [0, 0.1) is 11.6 Å². The first-order valence-electron chi connectivity index (χ1n) is 8.82. The van der Waals surface area contributed by atoms with Gasteiger partial charge in [0.2, 0.25) is 10.0 Å². The summed E-state index contributed by atoms with van der Waals surface area (Å²) in [6, 6.07) is 6.66. The topological polar surface area (TPSA) is 111 Å². The smallest absolute Gasteiger partial charge is 0.307 e. The molecule has 0 aromatic heterocycles. The Balaban J connectivity index is 1.87. The molecule has 0 saturated heterocycles. The van der Waals surface area contributed by atoms with Crippen molar-refractivity contribution in [3.05, 3.63) is 53.1 Å². The maximum atomic E-state index is 13.2. The van der Waals surface area contributed by atoms with E-state index >= 15 is 0 Å². The van der Waals surface area contributed by atoms with Crippen LogP contribution in [0.3, 0.4) is 0 Å². The lowest BCUT2D eigenvalue weighted by atomic mass is 10.2. The summed E-state index contributed by atoms with van der Waals surface area (Å²) in [6.45, 7) is 0.951.